The SMILES string of the molecule is COc1ccc(CN(C2CC2)S(=O)(=O)c2ccc(F)cc2)cc1. The number of benzene rings is 2. The minimum Gasteiger partial charge on any atom is -0.497 e. The Kier molecular flexibility index (Phi) is 4.37. The molecule has 0 aromatic heterocycles. The maximum absolute atomic E-state index is 13.0. The van der Waals surface area contributed by atoms with Crippen molar-refractivity contribution in [1.29, 1.82) is 0 Å². The van der Waals surface area contributed by atoms with Crippen molar-refractivity contribution < 1.29 is 17.5 Å². The Balaban J connectivity index is 1.87. The highest BCUT2D eigenvalue weighted by molar-refractivity contribution is 7.89. The third kappa shape index (κ3) is 3.54. The zero-order valence-corrected chi connectivity index (χ0v) is 13.6. The van der Waals surface area contributed by atoms with Crippen molar-refractivity contribution in [2.45, 2.75) is 30.3 Å². The lowest BCUT2D eigenvalue weighted by Gasteiger charge is -2.22. The van der Waals surface area contributed by atoms with Crippen molar-refractivity contribution in [1.82, 2.24) is 4.31 Å². The Labute approximate surface area is 135 Å². The van der Waals surface area contributed by atoms with Crippen LogP contribution in [0.4, 0.5) is 4.39 Å². The molecule has 2 aromatic rings. The second-order valence-corrected chi connectivity index (χ2v) is 7.47. The van der Waals surface area contributed by atoms with Gasteiger partial charge in [0.2, 0.25) is 10.0 Å². The van der Waals surface area contributed by atoms with E-state index >= 15 is 0 Å². The summed E-state index contributed by atoms with van der Waals surface area (Å²) in [5.74, 6) is 0.283. The van der Waals surface area contributed by atoms with E-state index in [1.54, 1.807) is 7.11 Å². The third-order valence-corrected chi connectivity index (χ3v) is 5.78. The fraction of sp³-hybridized carbons (Fsp3) is 0.294. The lowest BCUT2D eigenvalue weighted by Crippen LogP contribution is -2.32. The zero-order valence-electron chi connectivity index (χ0n) is 12.8. The molecule has 4 nitrogen and oxygen atoms in total. The standard InChI is InChI=1S/C17H18FNO3S/c1-22-16-8-2-13(3-9-16)12-19(15-6-7-15)23(20,21)17-10-4-14(18)5-11-17/h2-5,8-11,15H,6-7,12H2,1H3. The maximum Gasteiger partial charge on any atom is 0.243 e. The van der Waals surface area contributed by atoms with Gasteiger partial charge in [-0.1, -0.05) is 12.1 Å². The van der Waals surface area contributed by atoms with Crippen LogP contribution in [0.1, 0.15) is 18.4 Å². The monoisotopic (exact) mass is 335 g/mol. The molecule has 0 aliphatic heterocycles. The van der Waals surface area contributed by atoms with Gasteiger partial charge < -0.3 is 4.74 Å². The van der Waals surface area contributed by atoms with Gasteiger partial charge in [0.15, 0.2) is 0 Å². The molecule has 1 aliphatic rings. The Morgan fingerprint density at radius 3 is 2.22 bits per heavy atom. The Morgan fingerprint density at radius 1 is 1.09 bits per heavy atom. The first kappa shape index (κ1) is 16.0. The first-order valence-electron chi connectivity index (χ1n) is 7.41. The van der Waals surface area contributed by atoms with Crippen molar-refractivity contribution in [3.63, 3.8) is 0 Å². The number of nitrogens with zero attached hydrogens (tertiary/aromatic N) is 1. The number of hydrogen-bond donors (Lipinski definition) is 0. The van der Waals surface area contributed by atoms with Crippen molar-refractivity contribution in [3.05, 3.63) is 59.9 Å². The van der Waals surface area contributed by atoms with Crippen LogP contribution in [0.15, 0.2) is 53.4 Å². The highest BCUT2D eigenvalue weighted by Crippen LogP contribution is 2.33. The molecule has 0 N–H and O–H groups in total. The molecule has 1 aliphatic carbocycles. The normalized spacial score (nSPS) is 14.9. The number of halogens is 1. The smallest absolute Gasteiger partial charge is 0.243 e. The fourth-order valence-corrected chi connectivity index (χ4v) is 4.10. The summed E-state index contributed by atoms with van der Waals surface area (Å²) in [5, 5.41) is 0. The highest BCUT2D eigenvalue weighted by Gasteiger charge is 2.38. The summed E-state index contributed by atoms with van der Waals surface area (Å²) in [6, 6.07) is 12.3. The molecule has 0 amide bonds. The first-order valence-corrected chi connectivity index (χ1v) is 8.85. The van der Waals surface area contributed by atoms with Crippen LogP contribution in [0, 0.1) is 5.82 Å². The lowest BCUT2D eigenvalue weighted by atomic mass is 10.2. The first-order chi connectivity index (χ1) is 11.0. The van der Waals surface area contributed by atoms with E-state index in [-0.39, 0.29) is 10.9 Å². The number of sulfonamides is 1. The molecule has 0 heterocycles. The van der Waals surface area contributed by atoms with Gasteiger partial charge in [0.1, 0.15) is 11.6 Å². The molecular weight excluding hydrogens is 317 g/mol. The number of ether oxygens (including phenoxy) is 1. The molecule has 3 rings (SSSR count). The average Bonchev–Trinajstić information content (AvgIpc) is 3.38. The molecule has 6 heteroatoms. The predicted octanol–water partition coefficient (Wildman–Crippen LogP) is 3.19. The molecule has 1 fully saturated rings. The molecule has 1 saturated carbocycles. The average molecular weight is 335 g/mol. The summed E-state index contributed by atoms with van der Waals surface area (Å²) in [5.41, 5.74) is 0.892. The van der Waals surface area contributed by atoms with Crippen LogP contribution in [0.2, 0.25) is 0 Å². The summed E-state index contributed by atoms with van der Waals surface area (Å²) in [6.45, 7) is 0.300. The molecule has 23 heavy (non-hydrogen) atoms. The molecule has 0 saturated heterocycles. The van der Waals surface area contributed by atoms with E-state index in [0.717, 1.165) is 24.2 Å². The van der Waals surface area contributed by atoms with Crippen molar-refractivity contribution in [2.75, 3.05) is 7.11 Å². The zero-order chi connectivity index (χ0) is 16.4. The number of rotatable bonds is 6. The van der Waals surface area contributed by atoms with Gasteiger partial charge in [-0.05, 0) is 54.8 Å². The van der Waals surface area contributed by atoms with Gasteiger partial charge in [-0.15, -0.1) is 0 Å². The second-order valence-electron chi connectivity index (χ2n) is 5.58. The van der Waals surface area contributed by atoms with E-state index in [1.165, 1.54) is 28.6 Å². The van der Waals surface area contributed by atoms with Gasteiger partial charge in [0.05, 0.1) is 12.0 Å². The number of methoxy groups -OCH3 is 1. The molecule has 122 valence electrons. The molecular formula is C17H18FNO3S. The predicted molar refractivity (Wildman–Crippen MR) is 85.1 cm³/mol. The minimum atomic E-state index is -3.63. The van der Waals surface area contributed by atoms with E-state index < -0.39 is 15.8 Å². The molecule has 0 bridgehead atoms. The van der Waals surface area contributed by atoms with Gasteiger partial charge in [0.25, 0.3) is 0 Å². The molecule has 0 radical (unpaired) electrons. The Bertz CT molecular complexity index is 768. The van der Waals surface area contributed by atoms with Gasteiger partial charge >= 0.3 is 0 Å². The summed E-state index contributed by atoms with van der Waals surface area (Å²) in [7, 11) is -2.05. The van der Waals surface area contributed by atoms with Crippen molar-refractivity contribution in [2.24, 2.45) is 0 Å². The molecule has 0 atom stereocenters. The molecule has 0 unspecified atom stereocenters. The topological polar surface area (TPSA) is 46.6 Å². The van der Waals surface area contributed by atoms with Crippen LogP contribution in [0.3, 0.4) is 0 Å². The van der Waals surface area contributed by atoms with Gasteiger partial charge in [-0.2, -0.15) is 4.31 Å². The van der Waals surface area contributed by atoms with E-state index in [4.69, 9.17) is 4.74 Å². The van der Waals surface area contributed by atoms with Crippen LogP contribution in [0.25, 0.3) is 0 Å². The largest absolute Gasteiger partial charge is 0.497 e. The Hall–Kier alpha value is -1.92. The van der Waals surface area contributed by atoms with Crippen molar-refractivity contribution in [3.8, 4) is 5.75 Å². The second kappa shape index (κ2) is 6.29. The van der Waals surface area contributed by atoms with Crippen LogP contribution in [0.5, 0.6) is 5.75 Å². The quantitative estimate of drug-likeness (QED) is 0.814. The fourth-order valence-electron chi connectivity index (χ4n) is 2.43. The van der Waals surface area contributed by atoms with E-state index in [1.807, 2.05) is 24.3 Å². The van der Waals surface area contributed by atoms with E-state index in [0.29, 0.717) is 6.54 Å². The Morgan fingerprint density at radius 2 is 1.70 bits per heavy atom. The summed E-state index contributed by atoms with van der Waals surface area (Å²) < 4.78 is 45.3. The van der Waals surface area contributed by atoms with E-state index in [2.05, 4.69) is 0 Å². The van der Waals surface area contributed by atoms with Crippen LogP contribution in [-0.2, 0) is 16.6 Å². The summed E-state index contributed by atoms with van der Waals surface area (Å²) in [4.78, 5) is 0.124. The molecule has 0 spiro atoms. The maximum atomic E-state index is 13.0. The number of hydrogen-bond acceptors (Lipinski definition) is 3. The molecule has 2 aromatic carbocycles. The van der Waals surface area contributed by atoms with Gasteiger partial charge in [-0.25, -0.2) is 12.8 Å². The lowest BCUT2D eigenvalue weighted by molar-refractivity contribution is 0.397. The summed E-state index contributed by atoms with van der Waals surface area (Å²) in [6.07, 6.45) is 1.72. The highest BCUT2D eigenvalue weighted by atomic mass is 32.2. The van der Waals surface area contributed by atoms with E-state index in [9.17, 15) is 12.8 Å². The summed E-state index contributed by atoms with van der Waals surface area (Å²) >= 11 is 0. The van der Waals surface area contributed by atoms with Gasteiger partial charge in [0, 0.05) is 12.6 Å². The van der Waals surface area contributed by atoms with Crippen LogP contribution >= 0.6 is 0 Å². The van der Waals surface area contributed by atoms with Gasteiger partial charge in [-0.3, -0.25) is 0 Å². The third-order valence-electron chi connectivity index (χ3n) is 3.87. The van der Waals surface area contributed by atoms with Crippen molar-refractivity contribution >= 4 is 10.0 Å². The minimum absolute atomic E-state index is 0.0205. The van der Waals surface area contributed by atoms with Crippen LogP contribution < -0.4 is 4.74 Å². The van der Waals surface area contributed by atoms with Crippen LogP contribution in [-0.4, -0.2) is 25.9 Å².